The molecule has 0 aliphatic rings. The van der Waals surface area contributed by atoms with Gasteiger partial charge in [-0.15, -0.1) is 11.3 Å². The van der Waals surface area contributed by atoms with Crippen molar-refractivity contribution in [3.63, 3.8) is 0 Å². The molecule has 0 N–H and O–H groups in total. The maximum Gasteiger partial charge on any atom is 0.189 e. The number of nitrogens with zero attached hydrogens (tertiary/aromatic N) is 2. The molecule has 0 fully saturated rings. The molecule has 0 amide bonds. The number of halogens is 2. The molecule has 2 heterocycles. The minimum absolute atomic E-state index is 0.161. The molecule has 3 rings (SSSR count). The number of ketones is 1. The summed E-state index contributed by atoms with van der Waals surface area (Å²) in [6, 6.07) is 9.29. The maximum absolute atomic E-state index is 12.2. The number of hydrogen-bond acceptors (Lipinski definition) is 4. The molecule has 1 aromatic carbocycles. The van der Waals surface area contributed by atoms with Crippen LogP contribution in [0.5, 0.6) is 0 Å². The number of carbonyl (C=O) groups is 1. The lowest BCUT2D eigenvalue weighted by Gasteiger charge is -2.01. The summed E-state index contributed by atoms with van der Waals surface area (Å²) in [7, 11) is 0. The van der Waals surface area contributed by atoms with Gasteiger partial charge in [-0.3, -0.25) is 4.79 Å². The van der Waals surface area contributed by atoms with Crippen LogP contribution in [0.3, 0.4) is 0 Å². The highest BCUT2D eigenvalue weighted by molar-refractivity contribution is 7.18. The van der Waals surface area contributed by atoms with Crippen molar-refractivity contribution < 1.29 is 4.79 Å². The summed E-state index contributed by atoms with van der Waals surface area (Å²) in [5.41, 5.74) is 1.13. The molecule has 20 heavy (non-hydrogen) atoms. The first-order valence-corrected chi connectivity index (χ1v) is 7.39. The highest BCUT2D eigenvalue weighted by Gasteiger charge is 2.15. The van der Waals surface area contributed by atoms with E-state index >= 15 is 0 Å². The SMILES string of the molecule is O=C(Cc1nc2ccccc2s1)c1ncc(Cl)cc1Cl. The van der Waals surface area contributed by atoms with Crippen LogP contribution >= 0.6 is 34.5 Å². The molecule has 0 atom stereocenters. The fourth-order valence-electron chi connectivity index (χ4n) is 1.84. The quantitative estimate of drug-likeness (QED) is 0.670. The summed E-state index contributed by atoms with van der Waals surface area (Å²) in [5, 5.41) is 1.43. The summed E-state index contributed by atoms with van der Waals surface area (Å²) in [6.07, 6.45) is 1.60. The van der Waals surface area contributed by atoms with Crippen molar-refractivity contribution in [2.75, 3.05) is 0 Å². The second-order valence-corrected chi connectivity index (χ2v) is 6.12. The van der Waals surface area contributed by atoms with E-state index in [9.17, 15) is 4.79 Å². The van der Waals surface area contributed by atoms with Crippen molar-refractivity contribution in [1.29, 1.82) is 0 Å². The van der Waals surface area contributed by atoms with Gasteiger partial charge in [-0.2, -0.15) is 0 Å². The predicted molar refractivity (Wildman–Crippen MR) is 81.9 cm³/mol. The van der Waals surface area contributed by atoms with Gasteiger partial charge in [-0.1, -0.05) is 35.3 Å². The molecule has 0 unspecified atom stereocenters. The Kier molecular flexibility index (Phi) is 3.70. The molecule has 0 aliphatic heterocycles. The number of fused-ring (bicyclic) bond motifs is 1. The van der Waals surface area contributed by atoms with Crippen LogP contribution in [0.4, 0.5) is 0 Å². The number of benzene rings is 1. The zero-order chi connectivity index (χ0) is 14.1. The van der Waals surface area contributed by atoms with Gasteiger partial charge in [-0.05, 0) is 18.2 Å². The van der Waals surface area contributed by atoms with Gasteiger partial charge in [-0.25, -0.2) is 9.97 Å². The summed E-state index contributed by atoms with van der Waals surface area (Å²) in [4.78, 5) is 20.6. The van der Waals surface area contributed by atoms with Crippen molar-refractivity contribution in [1.82, 2.24) is 9.97 Å². The van der Waals surface area contributed by atoms with Gasteiger partial charge < -0.3 is 0 Å². The number of Topliss-reactive ketones (excluding diaryl/α,β-unsaturated/α-hetero) is 1. The number of carbonyl (C=O) groups excluding carboxylic acids is 1. The van der Waals surface area contributed by atoms with E-state index in [1.807, 2.05) is 24.3 Å². The topological polar surface area (TPSA) is 42.9 Å². The molecular weight excluding hydrogens is 315 g/mol. The highest BCUT2D eigenvalue weighted by atomic mass is 35.5. The summed E-state index contributed by atoms with van der Waals surface area (Å²) < 4.78 is 1.06. The van der Waals surface area contributed by atoms with E-state index in [0.717, 1.165) is 15.2 Å². The van der Waals surface area contributed by atoms with Crippen LogP contribution in [-0.4, -0.2) is 15.8 Å². The molecule has 0 aliphatic carbocycles. The van der Waals surface area contributed by atoms with E-state index in [1.54, 1.807) is 0 Å². The Balaban J connectivity index is 1.88. The molecular formula is C14H8Cl2N2OS. The Morgan fingerprint density at radius 1 is 1.25 bits per heavy atom. The molecule has 3 nitrogen and oxygen atoms in total. The monoisotopic (exact) mass is 322 g/mol. The van der Waals surface area contributed by atoms with E-state index in [-0.39, 0.29) is 22.9 Å². The molecule has 0 radical (unpaired) electrons. The molecule has 3 aromatic rings. The lowest BCUT2D eigenvalue weighted by Crippen LogP contribution is -2.06. The van der Waals surface area contributed by atoms with Gasteiger partial charge in [0, 0.05) is 6.20 Å². The Hall–Kier alpha value is -1.49. The molecule has 0 saturated carbocycles. The molecule has 0 bridgehead atoms. The second-order valence-electron chi connectivity index (χ2n) is 4.16. The molecule has 0 spiro atoms. The summed E-state index contributed by atoms with van der Waals surface area (Å²) in [6.45, 7) is 0. The number of pyridine rings is 1. The van der Waals surface area contributed by atoms with Crippen molar-refractivity contribution in [2.45, 2.75) is 6.42 Å². The van der Waals surface area contributed by atoms with Crippen LogP contribution in [0.15, 0.2) is 36.5 Å². The predicted octanol–water partition coefficient (Wildman–Crippen LogP) is 4.42. The van der Waals surface area contributed by atoms with Crippen LogP contribution in [0.1, 0.15) is 15.5 Å². The number of rotatable bonds is 3. The van der Waals surface area contributed by atoms with Gasteiger partial charge in [0.1, 0.15) is 10.7 Å². The normalized spacial score (nSPS) is 10.9. The molecule has 100 valence electrons. The lowest BCUT2D eigenvalue weighted by atomic mass is 10.2. The van der Waals surface area contributed by atoms with E-state index in [0.29, 0.717) is 5.02 Å². The van der Waals surface area contributed by atoms with E-state index in [1.165, 1.54) is 23.6 Å². The van der Waals surface area contributed by atoms with Gasteiger partial charge in [0.05, 0.1) is 26.7 Å². The maximum atomic E-state index is 12.2. The third-order valence-corrected chi connectivity index (χ3v) is 4.25. The van der Waals surface area contributed by atoms with Crippen LogP contribution in [0.2, 0.25) is 10.0 Å². The van der Waals surface area contributed by atoms with Crippen LogP contribution in [0.25, 0.3) is 10.2 Å². The standard InChI is InChI=1S/C14H8Cl2N2OS/c15-8-5-9(16)14(17-7-8)11(19)6-13-18-10-3-1-2-4-12(10)20-13/h1-5,7H,6H2. The Morgan fingerprint density at radius 2 is 2.05 bits per heavy atom. The molecule has 2 aromatic heterocycles. The zero-order valence-corrected chi connectivity index (χ0v) is 12.5. The van der Waals surface area contributed by atoms with E-state index in [4.69, 9.17) is 23.2 Å². The second kappa shape index (κ2) is 5.48. The largest absolute Gasteiger partial charge is 0.292 e. The molecule has 0 saturated heterocycles. The van der Waals surface area contributed by atoms with Crippen LogP contribution in [0, 0.1) is 0 Å². The fourth-order valence-corrected chi connectivity index (χ4v) is 3.29. The third-order valence-electron chi connectivity index (χ3n) is 2.72. The Labute approximate surface area is 129 Å². The van der Waals surface area contributed by atoms with Crippen LogP contribution in [-0.2, 0) is 6.42 Å². The minimum Gasteiger partial charge on any atom is -0.292 e. The number of hydrogen-bond donors (Lipinski definition) is 0. The zero-order valence-electron chi connectivity index (χ0n) is 10.1. The summed E-state index contributed by atoms with van der Waals surface area (Å²) >= 11 is 13.3. The Morgan fingerprint density at radius 3 is 2.80 bits per heavy atom. The highest BCUT2D eigenvalue weighted by Crippen LogP contribution is 2.24. The van der Waals surface area contributed by atoms with Gasteiger partial charge >= 0.3 is 0 Å². The van der Waals surface area contributed by atoms with Crippen molar-refractivity contribution in [3.8, 4) is 0 Å². The third kappa shape index (κ3) is 2.68. The van der Waals surface area contributed by atoms with Crippen molar-refractivity contribution in [3.05, 3.63) is 57.3 Å². The van der Waals surface area contributed by atoms with Gasteiger partial charge in [0.25, 0.3) is 0 Å². The van der Waals surface area contributed by atoms with Gasteiger partial charge in [0.2, 0.25) is 0 Å². The van der Waals surface area contributed by atoms with Crippen molar-refractivity contribution in [2.24, 2.45) is 0 Å². The Bertz CT molecular complexity index is 768. The average Bonchev–Trinajstić information content (AvgIpc) is 2.80. The first-order valence-electron chi connectivity index (χ1n) is 5.82. The minimum atomic E-state index is -0.161. The first kappa shape index (κ1) is 13.5. The van der Waals surface area contributed by atoms with E-state index < -0.39 is 0 Å². The number of para-hydroxylation sites is 1. The number of thiazole rings is 1. The van der Waals surface area contributed by atoms with Gasteiger partial charge in [0.15, 0.2) is 5.78 Å². The van der Waals surface area contributed by atoms with Crippen molar-refractivity contribution >= 4 is 50.5 Å². The summed E-state index contributed by atoms with van der Waals surface area (Å²) in [5.74, 6) is -0.161. The molecule has 6 heteroatoms. The first-order chi connectivity index (χ1) is 9.63. The van der Waals surface area contributed by atoms with Crippen LogP contribution < -0.4 is 0 Å². The van der Waals surface area contributed by atoms with E-state index in [2.05, 4.69) is 9.97 Å². The number of aromatic nitrogens is 2. The fraction of sp³-hybridized carbons (Fsp3) is 0.0714. The smallest absolute Gasteiger partial charge is 0.189 e. The average molecular weight is 323 g/mol. The lowest BCUT2D eigenvalue weighted by molar-refractivity contribution is 0.0988.